The number of hydrogen-bond acceptors (Lipinski definition) is 2. The van der Waals surface area contributed by atoms with E-state index in [4.69, 9.17) is 0 Å². The summed E-state index contributed by atoms with van der Waals surface area (Å²) in [4.78, 5) is 13.8. The molecule has 108 valence electrons. The molecule has 1 amide bonds. The molecule has 3 nitrogen and oxygen atoms in total. The van der Waals surface area contributed by atoms with Crippen molar-refractivity contribution >= 4 is 33.2 Å². The van der Waals surface area contributed by atoms with E-state index < -0.39 is 0 Å². The van der Waals surface area contributed by atoms with E-state index in [1.165, 1.54) is 12.1 Å². The van der Waals surface area contributed by atoms with Crippen LogP contribution in [0.25, 0.3) is 0 Å². The van der Waals surface area contributed by atoms with Gasteiger partial charge in [0.2, 0.25) is 5.91 Å². The Balaban J connectivity index is 1.96. The highest BCUT2D eigenvalue weighted by Gasteiger charge is 2.29. The van der Waals surface area contributed by atoms with E-state index in [1.807, 2.05) is 24.3 Å². The molecule has 21 heavy (non-hydrogen) atoms. The zero-order valence-corrected chi connectivity index (χ0v) is 13.0. The van der Waals surface area contributed by atoms with E-state index >= 15 is 0 Å². The van der Waals surface area contributed by atoms with Gasteiger partial charge in [-0.1, -0.05) is 18.2 Å². The van der Waals surface area contributed by atoms with Gasteiger partial charge in [-0.05, 0) is 45.8 Å². The van der Waals surface area contributed by atoms with Crippen molar-refractivity contribution in [2.75, 3.05) is 17.3 Å². The molecule has 0 fully saturated rings. The molecule has 2 aromatic rings. The summed E-state index contributed by atoms with van der Waals surface area (Å²) in [7, 11) is 1.78. The number of rotatable bonds is 2. The first-order chi connectivity index (χ1) is 10.1. The molecule has 0 saturated heterocycles. The number of benzene rings is 2. The lowest BCUT2D eigenvalue weighted by molar-refractivity contribution is -0.118. The van der Waals surface area contributed by atoms with Gasteiger partial charge in [0.05, 0.1) is 12.5 Å². The van der Waals surface area contributed by atoms with Crippen LogP contribution in [0.15, 0.2) is 46.9 Å². The van der Waals surface area contributed by atoms with E-state index in [-0.39, 0.29) is 17.8 Å². The van der Waals surface area contributed by atoms with Crippen LogP contribution in [0.3, 0.4) is 0 Å². The summed E-state index contributed by atoms with van der Waals surface area (Å²) in [5.41, 5.74) is 2.74. The van der Waals surface area contributed by atoms with Crippen molar-refractivity contribution in [2.45, 2.75) is 12.5 Å². The second-order valence-corrected chi connectivity index (χ2v) is 5.89. The second-order valence-electron chi connectivity index (χ2n) is 5.04. The van der Waals surface area contributed by atoms with Crippen LogP contribution in [0.2, 0.25) is 0 Å². The fraction of sp³-hybridized carbons (Fsp3) is 0.188. The highest BCUT2D eigenvalue weighted by molar-refractivity contribution is 9.10. The molecule has 2 aromatic carbocycles. The van der Waals surface area contributed by atoms with Crippen LogP contribution in [-0.2, 0) is 4.79 Å². The third kappa shape index (κ3) is 2.65. The van der Waals surface area contributed by atoms with E-state index in [0.717, 1.165) is 16.9 Å². The molecule has 0 saturated carbocycles. The van der Waals surface area contributed by atoms with Crippen molar-refractivity contribution in [1.82, 2.24) is 0 Å². The maximum atomic E-state index is 13.2. The zero-order valence-electron chi connectivity index (χ0n) is 11.4. The third-order valence-corrected chi connectivity index (χ3v) is 4.34. The predicted molar refractivity (Wildman–Crippen MR) is 84.9 cm³/mol. The lowest BCUT2D eigenvalue weighted by atomic mass is 9.96. The first-order valence-electron chi connectivity index (χ1n) is 6.63. The summed E-state index contributed by atoms with van der Waals surface area (Å²) in [5, 5.41) is 3.32. The Bertz CT molecular complexity index is 704. The zero-order chi connectivity index (χ0) is 15.0. The lowest BCUT2D eigenvalue weighted by Crippen LogP contribution is -2.35. The molecule has 0 radical (unpaired) electrons. The topological polar surface area (TPSA) is 32.3 Å². The number of carbonyl (C=O) groups excluding carboxylic acids is 1. The lowest BCUT2D eigenvalue weighted by Gasteiger charge is -2.32. The average Bonchev–Trinajstić information content (AvgIpc) is 2.47. The SMILES string of the molecule is CN1C(=O)CC(Nc2ccc(F)cc2Br)c2ccccc21. The van der Waals surface area contributed by atoms with E-state index in [1.54, 1.807) is 18.0 Å². The van der Waals surface area contributed by atoms with Crippen LogP contribution in [0, 0.1) is 5.82 Å². The monoisotopic (exact) mass is 348 g/mol. The summed E-state index contributed by atoms with van der Waals surface area (Å²) in [6.45, 7) is 0. The van der Waals surface area contributed by atoms with E-state index in [2.05, 4.69) is 21.2 Å². The molecule has 0 aromatic heterocycles. The quantitative estimate of drug-likeness (QED) is 0.885. The van der Waals surface area contributed by atoms with Crippen LogP contribution in [-0.4, -0.2) is 13.0 Å². The number of para-hydroxylation sites is 1. The number of halogens is 2. The van der Waals surface area contributed by atoms with Gasteiger partial charge in [-0.3, -0.25) is 4.79 Å². The molecule has 1 heterocycles. The Morgan fingerprint density at radius 1 is 1.29 bits per heavy atom. The van der Waals surface area contributed by atoms with Gasteiger partial charge in [0.15, 0.2) is 0 Å². The smallest absolute Gasteiger partial charge is 0.229 e. The minimum absolute atomic E-state index is 0.0597. The first kappa shape index (κ1) is 14.1. The van der Waals surface area contributed by atoms with Gasteiger partial charge < -0.3 is 10.2 Å². The Morgan fingerprint density at radius 3 is 2.81 bits per heavy atom. The van der Waals surface area contributed by atoms with Crippen molar-refractivity contribution in [3.8, 4) is 0 Å². The second kappa shape index (κ2) is 5.48. The van der Waals surface area contributed by atoms with Crippen molar-refractivity contribution < 1.29 is 9.18 Å². The molecule has 3 rings (SSSR count). The number of amides is 1. The minimum atomic E-state index is -0.299. The Kier molecular flexibility index (Phi) is 3.68. The maximum absolute atomic E-state index is 13.2. The molecule has 1 atom stereocenters. The highest BCUT2D eigenvalue weighted by atomic mass is 79.9. The van der Waals surface area contributed by atoms with Gasteiger partial charge in [-0.15, -0.1) is 0 Å². The largest absolute Gasteiger partial charge is 0.377 e. The maximum Gasteiger partial charge on any atom is 0.229 e. The van der Waals surface area contributed by atoms with Gasteiger partial charge in [0, 0.05) is 22.9 Å². The number of nitrogens with one attached hydrogen (secondary N) is 1. The summed E-state index contributed by atoms with van der Waals surface area (Å²) in [6.07, 6.45) is 0.372. The Labute approximate surface area is 130 Å². The van der Waals surface area contributed by atoms with Crippen molar-refractivity contribution in [2.24, 2.45) is 0 Å². The molecule has 5 heteroatoms. The number of nitrogens with zero attached hydrogens (tertiary/aromatic N) is 1. The number of hydrogen-bond donors (Lipinski definition) is 1. The van der Waals surface area contributed by atoms with Crippen LogP contribution in [0.5, 0.6) is 0 Å². The van der Waals surface area contributed by atoms with Gasteiger partial charge >= 0.3 is 0 Å². The molecule has 0 bridgehead atoms. The molecular weight excluding hydrogens is 335 g/mol. The van der Waals surface area contributed by atoms with Crippen LogP contribution >= 0.6 is 15.9 Å². The molecule has 1 aliphatic rings. The van der Waals surface area contributed by atoms with E-state index in [0.29, 0.717) is 10.9 Å². The Morgan fingerprint density at radius 2 is 2.05 bits per heavy atom. The normalized spacial score (nSPS) is 17.6. The van der Waals surface area contributed by atoms with Crippen molar-refractivity contribution in [1.29, 1.82) is 0 Å². The van der Waals surface area contributed by atoms with Gasteiger partial charge in [-0.2, -0.15) is 0 Å². The fourth-order valence-electron chi connectivity index (χ4n) is 2.57. The van der Waals surface area contributed by atoms with Gasteiger partial charge in [0.1, 0.15) is 5.82 Å². The third-order valence-electron chi connectivity index (χ3n) is 3.69. The number of fused-ring (bicyclic) bond motifs is 1. The van der Waals surface area contributed by atoms with Gasteiger partial charge in [-0.25, -0.2) is 4.39 Å². The number of anilines is 2. The van der Waals surface area contributed by atoms with Crippen LogP contribution in [0.4, 0.5) is 15.8 Å². The van der Waals surface area contributed by atoms with E-state index in [9.17, 15) is 9.18 Å². The summed E-state index contributed by atoms with van der Waals surface area (Å²) in [6, 6.07) is 12.2. The fourth-order valence-corrected chi connectivity index (χ4v) is 3.03. The van der Waals surface area contributed by atoms with Gasteiger partial charge in [0.25, 0.3) is 0 Å². The number of carbonyl (C=O) groups is 1. The molecule has 0 spiro atoms. The summed E-state index contributed by atoms with van der Waals surface area (Å²) < 4.78 is 13.8. The Hall–Kier alpha value is -1.88. The van der Waals surface area contributed by atoms with Crippen LogP contribution < -0.4 is 10.2 Å². The first-order valence-corrected chi connectivity index (χ1v) is 7.42. The summed E-state index contributed by atoms with van der Waals surface area (Å²) >= 11 is 3.34. The predicted octanol–water partition coefficient (Wildman–Crippen LogP) is 4.11. The molecule has 1 N–H and O–H groups in total. The molecule has 0 aliphatic carbocycles. The average molecular weight is 349 g/mol. The minimum Gasteiger partial charge on any atom is -0.377 e. The summed E-state index contributed by atoms with van der Waals surface area (Å²) in [5.74, 6) is -0.239. The molecule has 1 aliphatic heterocycles. The standard InChI is InChI=1S/C16H14BrFN2O/c1-20-15-5-3-2-4-11(15)14(9-16(20)21)19-13-7-6-10(18)8-12(13)17/h2-8,14,19H,9H2,1H3. The molecule has 1 unspecified atom stereocenters. The van der Waals surface area contributed by atoms with Crippen molar-refractivity contribution in [3.63, 3.8) is 0 Å². The van der Waals surface area contributed by atoms with Crippen molar-refractivity contribution in [3.05, 3.63) is 58.3 Å². The van der Waals surface area contributed by atoms with Crippen LogP contribution in [0.1, 0.15) is 18.0 Å². The highest BCUT2D eigenvalue weighted by Crippen LogP contribution is 2.37. The molecular formula is C16H14BrFN2O.